The van der Waals surface area contributed by atoms with Gasteiger partial charge >= 0.3 is 0 Å². The van der Waals surface area contributed by atoms with E-state index in [1.807, 2.05) is 23.8 Å². The number of thiophene rings is 1. The molecule has 0 saturated heterocycles. The largest absolute Gasteiger partial charge is 0.376 e. The van der Waals surface area contributed by atoms with Gasteiger partial charge in [0.05, 0.1) is 18.6 Å². The smallest absolute Gasteiger partial charge is 0.224 e. The Labute approximate surface area is 105 Å². The average Bonchev–Trinajstić information content (AvgIpc) is 2.79. The maximum atomic E-state index is 11.8. The average molecular weight is 254 g/mol. The van der Waals surface area contributed by atoms with Crippen LogP contribution in [0.25, 0.3) is 0 Å². The zero-order valence-electron chi connectivity index (χ0n) is 9.89. The molecule has 3 N–H and O–H groups in total. The van der Waals surface area contributed by atoms with Crippen molar-refractivity contribution >= 4 is 17.2 Å². The van der Waals surface area contributed by atoms with Crippen molar-refractivity contribution in [3.8, 4) is 0 Å². The molecule has 0 spiro atoms. The van der Waals surface area contributed by atoms with Crippen molar-refractivity contribution in [2.75, 3.05) is 6.61 Å². The number of hydrogen-bond acceptors (Lipinski definition) is 4. The second kappa shape index (κ2) is 5.62. The molecule has 4 nitrogen and oxygen atoms in total. The Bertz CT molecular complexity index is 365. The van der Waals surface area contributed by atoms with Crippen LogP contribution in [0.3, 0.4) is 0 Å². The van der Waals surface area contributed by atoms with E-state index >= 15 is 0 Å². The zero-order valence-corrected chi connectivity index (χ0v) is 10.7. The predicted molar refractivity (Wildman–Crippen MR) is 68.0 cm³/mol. The van der Waals surface area contributed by atoms with Gasteiger partial charge in [-0.05, 0) is 35.7 Å². The summed E-state index contributed by atoms with van der Waals surface area (Å²) in [5.41, 5.74) is 6.92. The fourth-order valence-electron chi connectivity index (χ4n) is 2.04. The molecular formula is C12H18N2O2S. The molecule has 0 radical (unpaired) electrons. The minimum atomic E-state index is -0.0268. The van der Waals surface area contributed by atoms with Crippen LogP contribution < -0.4 is 11.1 Å². The van der Waals surface area contributed by atoms with Gasteiger partial charge < -0.3 is 15.8 Å². The molecule has 0 aromatic carbocycles. The lowest BCUT2D eigenvalue weighted by Crippen LogP contribution is -2.64. The molecule has 1 amide bonds. The van der Waals surface area contributed by atoms with Crippen molar-refractivity contribution in [1.29, 1.82) is 0 Å². The lowest BCUT2D eigenvalue weighted by atomic mass is 9.83. The Kier molecular flexibility index (Phi) is 4.15. The highest BCUT2D eigenvalue weighted by atomic mass is 32.1. The summed E-state index contributed by atoms with van der Waals surface area (Å²) in [5, 5.41) is 6.91. The maximum absolute atomic E-state index is 11.8. The first-order valence-electron chi connectivity index (χ1n) is 5.88. The van der Waals surface area contributed by atoms with Gasteiger partial charge in [-0.25, -0.2) is 0 Å². The monoisotopic (exact) mass is 254 g/mol. The third kappa shape index (κ3) is 3.06. The minimum absolute atomic E-state index is 0.0215. The summed E-state index contributed by atoms with van der Waals surface area (Å²) in [6, 6.07) is 1.96. The van der Waals surface area contributed by atoms with Gasteiger partial charge in [0.25, 0.3) is 0 Å². The van der Waals surface area contributed by atoms with Gasteiger partial charge in [-0.1, -0.05) is 0 Å². The summed E-state index contributed by atoms with van der Waals surface area (Å²) in [7, 11) is 0. The van der Waals surface area contributed by atoms with Crippen molar-refractivity contribution in [2.45, 2.75) is 38.0 Å². The lowest BCUT2D eigenvalue weighted by Gasteiger charge is -2.42. The summed E-state index contributed by atoms with van der Waals surface area (Å²) in [4.78, 5) is 11.8. The molecule has 1 aliphatic carbocycles. The van der Waals surface area contributed by atoms with Gasteiger partial charge in [-0.3, -0.25) is 4.79 Å². The summed E-state index contributed by atoms with van der Waals surface area (Å²) in [6.45, 7) is 2.61. The molecule has 3 atom stereocenters. The predicted octanol–water partition coefficient (Wildman–Crippen LogP) is 0.911. The van der Waals surface area contributed by atoms with E-state index in [1.165, 1.54) is 0 Å². The Hall–Kier alpha value is -0.910. The van der Waals surface area contributed by atoms with Crippen LogP contribution in [-0.2, 0) is 16.0 Å². The van der Waals surface area contributed by atoms with Crippen molar-refractivity contribution in [2.24, 2.45) is 5.73 Å². The van der Waals surface area contributed by atoms with Crippen LogP contribution in [0.4, 0.5) is 0 Å². The molecule has 1 aromatic heterocycles. The molecule has 1 saturated carbocycles. The number of carbonyl (C=O) groups is 1. The van der Waals surface area contributed by atoms with Crippen molar-refractivity contribution in [3.05, 3.63) is 22.4 Å². The van der Waals surface area contributed by atoms with Gasteiger partial charge in [0.1, 0.15) is 0 Å². The standard InChI is InChI=1S/C12H18N2O2S/c1-2-16-10-6-9(13)12(10)14-11(15)5-8-3-4-17-7-8/h3-4,7,9-10,12H,2,5-6,13H2,1H3,(H,14,15). The van der Waals surface area contributed by atoms with E-state index < -0.39 is 0 Å². The molecular weight excluding hydrogens is 236 g/mol. The second-order valence-corrected chi connectivity index (χ2v) is 5.08. The van der Waals surface area contributed by atoms with Crippen LogP contribution in [0.5, 0.6) is 0 Å². The van der Waals surface area contributed by atoms with Gasteiger partial charge in [0.15, 0.2) is 0 Å². The number of amides is 1. The molecule has 0 aliphatic heterocycles. The highest BCUT2D eigenvalue weighted by Gasteiger charge is 2.40. The van der Waals surface area contributed by atoms with E-state index in [0.29, 0.717) is 13.0 Å². The Morgan fingerprint density at radius 2 is 2.53 bits per heavy atom. The van der Waals surface area contributed by atoms with Crippen molar-refractivity contribution < 1.29 is 9.53 Å². The number of ether oxygens (including phenoxy) is 1. The van der Waals surface area contributed by atoms with Crippen molar-refractivity contribution in [1.82, 2.24) is 5.32 Å². The SMILES string of the molecule is CCOC1CC(N)C1NC(=O)Cc1ccsc1. The van der Waals surface area contributed by atoms with Crippen LogP contribution in [0.1, 0.15) is 18.9 Å². The molecule has 5 heteroatoms. The minimum Gasteiger partial charge on any atom is -0.376 e. The molecule has 1 aliphatic rings. The Morgan fingerprint density at radius 3 is 3.12 bits per heavy atom. The third-order valence-corrected chi connectivity index (χ3v) is 3.75. The van der Waals surface area contributed by atoms with Crippen molar-refractivity contribution in [3.63, 3.8) is 0 Å². The first-order valence-corrected chi connectivity index (χ1v) is 6.82. The maximum Gasteiger partial charge on any atom is 0.224 e. The van der Waals surface area contributed by atoms with E-state index in [2.05, 4.69) is 5.32 Å². The van der Waals surface area contributed by atoms with Gasteiger partial charge in [0, 0.05) is 12.6 Å². The summed E-state index contributed by atoms with van der Waals surface area (Å²) >= 11 is 1.60. The Morgan fingerprint density at radius 1 is 1.71 bits per heavy atom. The van der Waals surface area contributed by atoms with E-state index in [4.69, 9.17) is 10.5 Å². The molecule has 0 bridgehead atoms. The topological polar surface area (TPSA) is 64.3 Å². The van der Waals surface area contributed by atoms with E-state index in [0.717, 1.165) is 12.0 Å². The summed E-state index contributed by atoms with van der Waals surface area (Å²) in [6.07, 6.45) is 1.34. The highest BCUT2D eigenvalue weighted by Crippen LogP contribution is 2.22. The summed E-state index contributed by atoms with van der Waals surface area (Å²) < 4.78 is 5.50. The van der Waals surface area contributed by atoms with Crippen LogP contribution in [0.15, 0.2) is 16.8 Å². The van der Waals surface area contributed by atoms with Gasteiger partial charge in [0.2, 0.25) is 5.91 Å². The molecule has 3 unspecified atom stereocenters. The van der Waals surface area contributed by atoms with Crippen LogP contribution in [-0.4, -0.2) is 30.7 Å². The fourth-order valence-corrected chi connectivity index (χ4v) is 2.71. The van der Waals surface area contributed by atoms with Crippen LogP contribution >= 0.6 is 11.3 Å². The third-order valence-electron chi connectivity index (χ3n) is 3.02. The van der Waals surface area contributed by atoms with Gasteiger partial charge in [-0.2, -0.15) is 11.3 Å². The van der Waals surface area contributed by atoms with Crippen LogP contribution in [0, 0.1) is 0 Å². The number of carbonyl (C=O) groups excluding carboxylic acids is 1. The lowest BCUT2D eigenvalue weighted by molar-refractivity contribution is -0.125. The van der Waals surface area contributed by atoms with Gasteiger partial charge in [-0.15, -0.1) is 0 Å². The fraction of sp³-hybridized carbons (Fsp3) is 0.583. The first kappa shape index (κ1) is 12.5. The molecule has 17 heavy (non-hydrogen) atoms. The second-order valence-electron chi connectivity index (χ2n) is 4.30. The van der Waals surface area contributed by atoms with Crippen LogP contribution in [0.2, 0.25) is 0 Å². The molecule has 1 aromatic rings. The molecule has 1 heterocycles. The number of nitrogens with two attached hydrogens (primary N) is 1. The van der Waals surface area contributed by atoms with E-state index in [1.54, 1.807) is 11.3 Å². The quantitative estimate of drug-likeness (QED) is 0.821. The zero-order chi connectivity index (χ0) is 12.3. The van der Waals surface area contributed by atoms with E-state index in [9.17, 15) is 4.79 Å². The number of rotatable bonds is 5. The molecule has 94 valence electrons. The normalized spacial score (nSPS) is 27.5. The number of hydrogen-bond donors (Lipinski definition) is 2. The molecule has 1 fully saturated rings. The highest BCUT2D eigenvalue weighted by molar-refractivity contribution is 7.07. The summed E-state index contributed by atoms with van der Waals surface area (Å²) in [5.74, 6) is 0.0215. The Balaban J connectivity index is 1.81. The molecule has 2 rings (SSSR count). The number of nitrogens with one attached hydrogen (secondary N) is 1. The first-order chi connectivity index (χ1) is 8.20. The van der Waals surface area contributed by atoms with E-state index in [-0.39, 0.29) is 24.1 Å².